The van der Waals surface area contributed by atoms with Crippen LogP contribution in [0.3, 0.4) is 0 Å². The Balaban J connectivity index is -0.0000000843. The first-order valence-electron chi connectivity index (χ1n) is 8.67. The Morgan fingerprint density at radius 3 is 1.22 bits per heavy atom. The van der Waals surface area contributed by atoms with Crippen LogP contribution in [0.4, 0.5) is 0 Å². The average molecular weight is 547 g/mol. The van der Waals surface area contributed by atoms with Gasteiger partial charge in [-0.1, -0.05) is 70.6 Å². The standard InChI is InChI=1S/C11H22.C9H18.3Y/c1-5-10(3)8-7-9-11(4)6-2;1-4-6-7-8-9(3)5-2;;;/h10-11H,1-2,5-9H2,3-4H3;4,9H,2,5-8H2,1,3H3;;;/q2*-2;;;. The van der Waals surface area contributed by atoms with Crippen molar-refractivity contribution >= 4 is 0 Å². The maximum atomic E-state index is 3.89. The van der Waals surface area contributed by atoms with Gasteiger partial charge < -0.3 is 27.2 Å². The van der Waals surface area contributed by atoms with Crippen molar-refractivity contribution in [3.63, 3.8) is 0 Å². The maximum absolute atomic E-state index is 3.89. The van der Waals surface area contributed by atoms with E-state index in [1.165, 1.54) is 38.5 Å². The third kappa shape index (κ3) is 33.3. The fourth-order valence-electron chi connectivity index (χ4n) is 1.92. The van der Waals surface area contributed by atoms with Gasteiger partial charge in [-0.15, -0.1) is 0 Å². The van der Waals surface area contributed by atoms with Crippen molar-refractivity contribution < 1.29 is 98.1 Å². The molecule has 0 fully saturated rings. The molecule has 0 N–H and O–H groups in total. The van der Waals surface area contributed by atoms with Crippen LogP contribution in [0.5, 0.6) is 0 Å². The molecule has 0 nitrogen and oxygen atoms in total. The summed E-state index contributed by atoms with van der Waals surface area (Å²) in [7, 11) is 0. The van der Waals surface area contributed by atoms with Crippen molar-refractivity contribution in [3.8, 4) is 0 Å². The monoisotopic (exact) mass is 547 g/mol. The number of hydrogen-bond donors (Lipinski definition) is 0. The molecule has 133 valence electrons. The molecular weight excluding hydrogens is 507 g/mol. The van der Waals surface area contributed by atoms with Gasteiger partial charge in [0.1, 0.15) is 0 Å². The SMILES string of the molecule is [CH2-]CC(C)CCCC(C)C[CH2-].[CH2-]CC(C)CCC[CH-]C.[Y].[Y].[Y]. The summed E-state index contributed by atoms with van der Waals surface area (Å²) in [6.07, 6.45) is 13.5. The fourth-order valence-corrected chi connectivity index (χ4v) is 1.92. The van der Waals surface area contributed by atoms with Gasteiger partial charge in [0, 0.05) is 98.1 Å². The predicted octanol–water partition coefficient (Wildman–Crippen LogP) is 7.11. The Bertz CT molecular complexity index is 164. The summed E-state index contributed by atoms with van der Waals surface area (Å²) in [5.74, 6) is 2.45. The Morgan fingerprint density at radius 1 is 0.652 bits per heavy atom. The van der Waals surface area contributed by atoms with Gasteiger partial charge in [-0.2, -0.15) is 32.6 Å². The summed E-state index contributed by atoms with van der Waals surface area (Å²) in [5.41, 5.74) is 0. The second-order valence-corrected chi connectivity index (χ2v) is 6.45. The van der Waals surface area contributed by atoms with Crippen molar-refractivity contribution in [2.75, 3.05) is 0 Å². The quantitative estimate of drug-likeness (QED) is 0.191. The van der Waals surface area contributed by atoms with E-state index in [4.69, 9.17) is 0 Å². The van der Waals surface area contributed by atoms with E-state index >= 15 is 0 Å². The Labute approximate surface area is 225 Å². The zero-order valence-corrected chi connectivity index (χ0v) is 25.0. The van der Waals surface area contributed by atoms with Crippen LogP contribution < -0.4 is 0 Å². The summed E-state index contributed by atoms with van der Waals surface area (Å²) in [6.45, 7) is 20.6. The molecule has 0 aromatic carbocycles. The third-order valence-electron chi connectivity index (χ3n) is 4.06. The second kappa shape index (κ2) is 30.1. The number of rotatable bonds is 11. The van der Waals surface area contributed by atoms with E-state index in [-0.39, 0.29) is 98.1 Å². The van der Waals surface area contributed by atoms with Crippen molar-refractivity contribution in [1.82, 2.24) is 0 Å². The Morgan fingerprint density at radius 2 is 0.957 bits per heavy atom. The first-order chi connectivity index (χ1) is 9.51. The Hall–Kier alpha value is 3.31. The van der Waals surface area contributed by atoms with Crippen LogP contribution in [0, 0.1) is 44.9 Å². The molecule has 23 heavy (non-hydrogen) atoms. The minimum absolute atomic E-state index is 0. The molecular formula is C20H40Y3-4. The molecule has 3 atom stereocenters. The molecule has 0 spiro atoms. The smallest absolute Gasteiger partial charge is 0 e. The minimum Gasteiger partial charge on any atom is -0.343 e. The van der Waals surface area contributed by atoms with E-state index in [1.807, 2.05) is 0 Å². The van der Waals surface area contributed by atoms with E-state index in [9.17, 15) is 0 Å². The van der Waals surface area contributed by atoms with Gasteiger partial charge in [0.25, 0.3) is 0 Å². The van der Waals surface area contributed by atoms with Crippen LogP contribution >= 0.6 is 0 Å². The predicted molar refractivity (Wildman–Crippen MR) is 95.1 cm³/mol. The molecule has 0 aliphatic carbocycles. The van der Waals surface area contributed by atoms with Gasteiger partial charge in [-0.25, -0.2) is 0 Å². The van der Waals surface area contributed by atoms with Crippen molar-refractivity contribution in [1.29, 1.82) is 0 Å². The van der Waals surface area contributed by atoms with Crippen LogP contribution in [0.1, 0.15) is 85.5 Å². The zero-order valence-electron chi connectivity index (χ0n) is 16.5. The largest absolute Gasteiger partial charge is 0.343 e. The van der Waals surface area contributed by atoms with Crippen LogP contribution in [0.15, 0.2) is 0 Å². The molecule has 3 radical (unpaired) electrons. The van der Waals surface area contributed by atoms with Gasteiger partial charge in [0.05, 0.1) is 0 Å². The van der Waals surface area contributed by atoms with E-state index in [0.29, 0.717) is 0 Å². The van der Waals surface area contributed by atoms with E-state index < -0.39 is 0 Å². The molecule has 0 aliphatic heterocycles. The normalized spacial score (nSPS) is 13.2. The molecule has 0 bridgehead atoms. The zero-order chi connectivity index (χ0) is 15.8. The summed E-state index contributed by atoms with van der Waals surface area (Å²) in [5, 5.41) is 0. The van der Waals surface area contributed by atoms with Crippen LogP contribution in [-0.4, -0.2) is 0 Å². The van der Waals surface area contributed by atoms with E-state index in [2.05, 4.69) is 54.9 Å². The molecule has 0 saturated carbocycles. The molecule has 3 heteroatoms. The first-order valence-corrected chi connectivity index (χ1v) is 8.67. The second-order valence-electron chi connectivity index (χ2n) is 6.45. The molecule has 3 unspecified atom stereocenters. The van der Waals surface area contributed by atoms with Gasteiger partial charge in [-0.3, -0.25) is 0 Å². The third-order valence-corrected chi connectivity index (χ3v) is 4.06. The molecule has 0 saturated heterocycles. The van der Waals surface area contributed by atoms with E-state index in [1.54, 1.807) is 0 Å². The van der Waals surface area contributed by atoms with E-state index in [0.717, 1.165) is 37.0 Å². The molecule has 0 aromatic rings. The van der Waals surface area contributed by atoms with Crippen LogP contribution in [-0.2, 0) is 98.1 Å². The van der Waals surface area contributed by atoms with Crippen molar-refractivity contribution in [3.05, 3.63) is 27.2 Å². The molecule has 0 aliphatic rings. The Kier molecular flexibility index (Phi) is 48.5. The topological polar surface area (TPSA) is 0 Å². The van der Waals surface area contributed by atoms with Gasteiger partial charge in [-0.05, 0) is 0 Å². The fraction of sp³-hybridized carbons (Fsp3) is 0.800. The maximum Gasteiger partial charge on any atom is 0 e. The van der Waals surface area contributed by atoms with Crippen LogP contribution in [0.25, 0.3) is 0 Å². The minimum atomic E-state index is 0. The van der Waals surface area contributed by atoms with Gasteiger partial charge >= 0.3 is 0 Å². The summed E-state index contributed by atoms with van der Waals surface area (Å²) in [4.78, 5) is 0. The average Bonchev–Trinajstić information content (AvgIpc) is 2.47. The van der Waals surface area contributed by atoms with Crippen LogP contribution in [0.2, 0.25) is 0 Å². The first kappa shape index (κ1) is 37.1. The number of unbranched alkanes of at least 4 members (excludes halogenated alkanes) is 2. The molecule has 0 amide bonds. The molecule has 0 aromatic heterocycles. The summed E-state index contributed by atoms with van der Waals surface area (Å²) in [6, 6.07) is 0. The van der Waals surface area contributed by atoms with Gasteiger partial charge in [0.2, 0.25) is 0 Å². The summed E-state index contributed by atoms with van der Waals surface area (Å²) < 4.78 is 0. The van der Waals surface area contributed by atoms with Gasteiger partial charge in [0.15, 0.2) is 0 Å². The van der Waals surface area contributed by atoms with Crippen molar-refractivity contribution in [2.45, 2.75) is 85.5 Å². The van der Waals surface area contributed by atoms with Crippen molar-refractivity contribution in [2.24, 2.45) is 17.8 Å². The molecule has 0 rings (SSSR count). The summed E-state index contributed by atoms with van der Waals surface area (Å²) >= 11 is 0. The molecule has 0 heterocycles. The number of hydrogen-bond acceptors (Lipinski definition) is 0.